The van der Waals surface area contributed by atoms with Gasteiger partial charge in [0.1, 0.15) is 22.8 Å². The lowest BCUT2D eigenvalue weighted by molar-refractivity contribution is -0.155. The summed E-state index contributed by atoms with van der Waals surface area (Å²) in [6.07, 6.45) is -2.84. The third kappa shape index (κ3) is 3.26. The van der Waals surface area contributed by atoms with Gasteiger partial charge in [-0.2, -0.15) is 0 Å². The van der Waals surface area contributed by atoms with Gasteiger partial charge in [0.2, 0.25) is 11.6 Å². The number of ketones is 3. The van der Waals surface area contributed by atoms with E-state index in [2.05, 4.69) is 4.74 Å². The zero-order valence-corrected chi connectivity index (χ0v) is 17.7. The molecule has 0 saturated heterocycles. The number of aromatic hydroxyl groups is 2. The van der Waals surface area contributed by atoms with E-state index in [0.717, 1.165) is 6.92 Å². The maximum absolute atomic E-state index is 13.2. The normalized spacial score (nSPS) is 21.0. The van der Waals surface area contributed by atoms with Crippen LogP contribution < -0.4 is 4.74 Å². The Morgan fingerprint density at radius 1 is 1.09 bits per heavy atom. The number of aliphatic hydroxyl groups is 2. The maximum Gasteiger partial charge on any atom is 0.303 e. The van der Waals surface area contributed by atoms with Gasteiger partial charge in [0.25, 0.3) is 0 Å². The molecule has 0 spiro atoms. The molecule has 10 heteroatoms. The summed E-state index contributed by atoms with van der Waals surface area (Å²) in [6, 6.07) is 4.32. The first-order valence-electron chi connectivity index (χ1n) is 9.96. The van der Waals surface area contributed by atoms with Gasteiger partial charge in [-0.3, -0.25) is 19.2 Å². The number of fused-ring (bicyclic) bond motifs is 3. The Bertz CT molecular complexity index is 1240. The number of Topliss-reactive ketones (excluding diaryl/α,β-unsaturated/α-hetero) is 1. The first kappa shape index (κ1) is 22.4. The summed E-state index contributed by atoms with van der Waals surface area (Å²) in [6.45, 7) is 0.310. The fraction of sp³-hybridized carbons (Fsp3) is 0.304. The van der Waals surface area contributed by atoms with Crippen LogP contribution in [0.15, 0.2) is 18.2 Å². The lowest BCUT2D eigenvalue weighted by Crippen LogP contribution is -2.47. The van der Waals surface area contributed by atoms with Gasteiger partial charge in [-0.25, -0.2) is 0 Å². The van der Waals surface area contributed by atoms with Crippen molar-refractivity contribution in [3.63, 3.8) is 0 Å². The highest BCUT2D eigenvalue weighted by atomic mass is 16.5. The van der Waals surface area contributed by atoms with Gasteiger partial charge < -0.3 is 29.9 Å². The number of methoxy groups -OCH3 is 1. The van der Waals surface area contributed by atoms with E-state index in [1.165, 1.54) is 25.3 Å². The lowest BCUT2D eigenvalue weighted by Gasteiger charge is -2.37. The third-order valence-electron chi connectivity index (χ3n) is 6.02. The van der Waals surface area contributed by atoms with Crippen LogP contribution in [-0.4, -0.2) is 63.1 Å². The number of carbonyl (C=O) groups is 4. The molecule has 2 atom stereocenters. The fourth-order valence-electron chi connectivity index (χ4n) is 4.46. The standard InChI is InChI=1S/C23H20O10/c1-9(24)33-8-14(26)23(31)6-11-15(12(25)7-23)21(29)18-17(20(11)28)19(27)10-4-3-5-13(32-2)16(10)22(18)30/h3-5,12,25,28-29,31H,6-8H2,1-2H3/t12-,23+/m0/s1. The van der Waals surface area contributed by atoms with Crippen molar-refractivity contribution in [2.75, 3.05) is 13.7 Å². The van der Waals surface area contributed by atoms with E-state index in [9.17, 15) is 39.6 Å². The Balaban J connectivity index is 1.89. The van der Waals surface area contributed by atoms with Crippen molar-refractivity contribution in [1.82, 2.24) is 0 Å². The van der Waals surface area contributed by atoms with Crippen LogP contribution in [0.1, 0.15) is 62.4 Å². The number of ether oxygens (including phenoxy) is 2. The smallest absolute Gasteiger partial charge is 0.303 e. The van der Waals surface area contributed by atoms with Crippen LogP contribution in [0.5, 0.6) is 17.2 Å². The lowest BCUT2D eigenvalue weighted by atomic mass is 9.72. The van der Waals surface area contributed by atoms with Gasteiger partial charge in [0, 0.05) is 36.5 Å². The Kier molecular flexibility index (Phi) is 5.22. The van der Waals surface area contributed by atoms with Crippen molar-refractivity contribution < 1.29 is 49.1 Å². The first-order valence-corrected chi connectivity index (χ1v) is 9.96. The molecule has 172 valence electrons. The number of esters is 1. The summed E-state index contributed by atoms with van der Waals surface area (Å²) in [5.41, 5.74) is -3.91. The van der Waals surface area contributed by atoms with Crippen molar-refractivity contribution in [3.8, 4) is 17.2 Å². The van der Waals surface area contributed by atoms with Crippen molar-refractivity contribution in [1.29, 1.82) is 0 Å². The molecule has 33 heavy (non-hydrogen) atoms. The van der Waals surface area contributed by atoms with Gasteiger partial charge in [-0.05, 0) is 6.07 Å². The molecule has 4 N–H and O–H groups in total. The van der Waals surface area contributed by atoms with Crippen LogP contribution in [0.25, 0.3) is 0 Å². The van der Waals surface area contributed by atoms with Gasteiger partial charge in [0.05, 0.1) is 29.9 Å². The summed E-state index contributed by atoms with van der Waals surface area (Å²) < 4.78 is 9.80. The number of hydrogen-bond donors (Lipinski definition) is 4. The number of benzene rings is 2. The number of carbonyl (C=O) groups excluding carboxylic acids is 4. The molecule has 0 saturated carbocycles. The quantitative estimate of drug-likeness (QED) is 0.324. The van der Waals surface area contributed by atoms with E-state index in [4.69, 9.17) is 4.74 Å². The van der Waals surface area contributed by atoms with Crippen molar-refractivity contribution in [2.24, 2.45) is 0 Å². The molecule has 2 aliphatic carbocycles. The van der Waals surface area contributed by atoms with Gasteiger partial charge in [0.15, 0.2) is 12.4 Å². The molecule has 0 aromatic heterocycles. The maximum atomic E-state index is 13.2. The summed E-state index contributed by atoms with van der Waals surface area (Å²) in [7, 11) is 1.31. The van der Waals surface area contributed by atoms with Crippen LogP contribution in [0.3, 0.4) is 0 Å². The highest BCUT2D eigenvalue weighted by Crippen LogP contribution is 2.50. The van der Waals surface area contributed by atoms with Crippen LogP contribution in [0.4, 0.5) is 0 Å². The molecule has 4 rings (SSSR count). The minimum absolute atomic E-state index is 0.0564. The predicted octanol–water partition coefficient (Wildman–Crippen LogP) is 0.725. The molecule has 2 aromatic rings. The van der Waals surface area contributed by atoms with Crippen molar-refractivity contribution >= 4 is 23.3 Å². The molecule has 0 heterocycles. The molecular formula is C23H20O10. The number of hydrogen-bond acceptors (Lipinski definition) is 10. The highest BCUT2D eigenvalue weighted by molar-refractivity contribution is 6.31. The second kappa shape index (κ2) is 7.68. The second-order valence-electron chi connectivity index (χ2n) is 8.01. The SMILES string of the molecule is COc1cccc2c1C(=O)c1c(O)c3c(c(O)c1C2=O)C[C@](O)(C(=O)COC(C)=O)C[C@@H]3O. The Morgan fingerprint density at radius 3 is 2.39 bits per heavy atom. The van der Waals surface area contributed by atoms with Gasteiger partial charge in [-0.15, -0.1) is 0 Å². The topological polar surface area (TPSA) is 168 Å². The minimum atomic E-state index is -2.25. The monoisotopic (exact) mass is 456 g/mol. The third-order valence-corrected chi connectivity index (χ3v) is 6.02. The molecule has 0 fully saturated rings. The number of aliphatic hydroxyl groups excluding tert-OH is 1. The highest BCUT2D eigenvalue weighted by Gasteiger charge is 2.48. The molecular weight excluding hydrogens is 436 g/mol. The number of phenolic OH excluding ortho intramolecular Hbond substituents is 2. The molecule has 0 radical (unpaired) electrons. The number of rotatable bonds is 4. The second-order valence-corrected chi connectivity index (χ2v) is 8.01. The van der Waals surface area contributed by atoms with Crippen LogP contribution >= 0.6 is 0 Å². The van der Waals surface area contributed by atoms with Crippen molar-refractivity contribution in [3.05, 3.63) is 51.6 Å². The summed E-state index contributed by atoms with van der Waals surface area (Å²) in [5.74, 6) is -4.61. The zero-order valence-electron chi connectivity index (χ0n) is 17.7. The predicted molar refractivity (Wildman–Crippen MR) is 110 cm³/mol. The molecule has 0 unspecified atom stereocenters. The molecule has 0 amide bonds. The Morgan fingerprint density at radius 2 is 1.76 bits per heavy atom. The largest absolute Gasteiger partial charge is 0.507 e. The zero-order chi connectivity index (χ0) is 24.2. The minimum Gasteiger partial charge on any atom is -0.507 e. The van der Waals surface area contributed by atoms with Gasteiger partial charge >= 0.3 is 5.97 Å². The van der Waals surface area contributed by atoms with Crippen LogP contribution in [0.2, 0.25) is 0 Å². The van der Waals surface area contributed by atoms with Crippen LogP contribution in [-0.2, 0) is 20.7 Å². The van der Waals surface area contributed by atoms with Crippen LogP contribution in [0, 0.1) is 0 Å². The average molecular weight is 456 g/mol. The Labute approximate surface area is 187 Å². The molecule has 2 aliphatic rings. The molecule has 0 aliphatic heterocycles. The number of phenols is 2. The fourth-order valence-corrected chi connectivity index (χ4v) is 4.46. The molecule has 2 aromatic carbocycles. The summed E-state index contributed by atoms with van der Waals surface area (Å²) in [5, 5.41) is 43.4. The summed E-state index contributed by atoms with van der Waals surface area (Å²) >= 11 is 0. The first-order chi connectivity index (χ1) is 15.5. The van der Waals surface area contributed by atoms with E-state index < -0.39 is 77.1 Å². The van der Waals surface area contributed by atoms with E-state index in [1.807, 2.05) is 0 Å². The average Bonchev–Trinajstić information content (AvgIpc) is 2.76. The van der Waals surface area contributed by atoms with E-state index in [-0.39, 0.29) is 28.0 Å². The summed E-state index contributed by atoms with van der Waals surface area (Å²) in [4.78, 5) is 50.0. The van der Waals surface area contributed by atoms with E-state index >= 15 is 0 Å². The van der Waals surface area contributed by atoms with E-state index in [1.54, 1.807) is 0 Å². The van der Waals surface area contributed by atoms with Gasteiger partial charge in [-0.1, -0.05) is 12.1 Å². The molecule has 10 nitrogen and oxygen atoms in total. The Hall–Kier alpha value is -3.76. The van der Waals surface area contributed by atoms with E-state index in [0.29, 0.717) is 0 Å². The molecule has 0 bridgehead atoms. The van der Waals surface area contributed by atoms with Crippen molar-refractivity contribution in [2.45, 2.75) is 31.5 Å².